The normalized spacial score (nSPS) is 15.3. The fourth-order valence-electron chi connectivity index (χ4n) is 2.58. The Morgan fingerprint density at radius 2 is 1.89 bits per heavy atom. The van der Waals surface area contributed by atoms with Crippen LogP contribution >= 0.6 is 24.0 Å². The number of para-hydroxylation sites is 1. The summed E-state index contributed by atoms with van der Waals surface area (Å²) in [4.78, 5) is 26.4. The second kappa shape index (κ2) is 8.37. The van der Waals surface area contributed by atoms with Crippen molar-refractivity contribution in [3.8, 4) is 5.75 Å². The van der Waals surface area contributed by atoms with Crippen molar-refractivity contribution >= 4 is 51.9 Å². The summed E-state index contributed by atoms with van der Waals surface area (Å²) in [5.41, 5.74) is 1.83. The van der Waals surface area contributed by atoms with E-state index in [0.717, 1.165) is 5.56 Å². The Labute approximate surface area is 167 Å². The molecule has 1 saturated heterocycles. The first kappa shape index (κ1) is 19.1. The lowest BCUT2D eigenvalue weighted by molar-refractivity contribution is -0.113. The van der Waals surface area contributed by atoms with Gasteiger partial charge in [-0.3, -0.25) is 9.69 Å². The van der Waals surface area contributed by atoms with Crippen molar-refractivity contribution in [1.82, 2.24) is 0 Å². The Hall–Kier alpha value is -2.64. The largest absolute Gasteiger partial charge is 0.493 e. The summed E-state index contributed by atoms with van der Waals surface area (Å²) < 4.78 is 10.7. The minimum absolute atomic E-state index is 0.206. The van der Waals surface area contributed by atoms with Crippen LogP contribution in [0.4, 0.5) is 5.69 Å². The average molecular weight is 399 g/mol. The SMILES string of the molecule is CCOc1ccccc1C=C1SC(=S)N(c2ccc(C(=O)OC)cc2)C1=O. The van der Waals surface area contributed by atoms with Gasteiger partial charge in [0.1, 0.15) is 5.75 Å². The first-order chi connectivity index (χ1) is 13.0. The smallest absolute Gasteiger partial charge is 0.337 e. The third kappa shape index (κ3) is 4.04. The van der Waals surface area contributed by atoms with Gasteiger partial charge in [0.15, 0.2) is 4.32 Å². The third-order valence-electron chi connectivity index (χ3n) is 3.85. The van der Waals surface area contributed by atoms with Crippen molar-refractivity contribution in [2.45, 2.75) is 6.92 Å². The number of anilines is 1. The Morgan fingerprint density at radius 1 is 1.19 bits per heavy atom. The topological polar surface area (TPSA) is 55.8 Å². The van der Waals surface area contributed by atoms with E-state index in [1.54, 1.807) is 30.3 Å². The maximum atomic E-state index is 12.9. The number of thiocarbonyl (C=S) groups is 1. The summed E-state index contributed by atoms with van der Waals surface area (Å²) >= 11 is 6.62. The number of benzene rings is 2. The highest BCUT2D eigenvalue weighted by atomic mass is 32.2. The Morgan fingerprint density at radius 3 is 2.56 bits per heavy atom. The molecule has 0 saturated carbocycles. The van der Waals surface area contributed by atoms with E-state index in [9.17, 15) is 9.59 Å². The van der Waals surface area contributed by atoms with Crippen LogP contribution in [0.3, 0.4) is 0 Å². The number of amides is 1. The molecule has 0 aromatic heterocycles. The second-order valence-corrected chi connectivity index (χ2v) is 7.20. The number of methoxy groups -OCH3 is 1. The zero-order chi connectivity index (χ0) is 19.4. The van der Waals surface area contributed by atoms with Gasteiger partial charge >= 0.3 is 5.97 Å². The summed E-state index contributed by atoms with van der Waals surface area (Å²) in [5.74, 6) is 0.0779. The van der Waals surface area contributed by atoms with Crippen molar-refractivity contribution in [3.05, 3.63) is 64.6 Å². The van der Waals surface area contributed by atoms with Crippen molar-refractivity contribution < 1.29 is 19.1 Å². The summed E-state index contributed by atoms with van der Waals surface area (Å²) in [6.45, 7) is 2.45. The zero-order valence-corrected chi connectivity index (χ0v) is 16.4. The molecule has 1 fully saturated rings. The molecule has 27 heavy (non-hydrogen) atoms. The highest BCUT2D eigenvalue weighted by Gasteiger charge is 2.33. The van der Waals surface area contributed by atoms with Crippen molar-refractivity contribution in [3.63, 3.8) is 0 Å². The quantitative estimate of drug-likeness (QED) is 0.425. The molecule has 0 atom stereocenters. The zero-order valence-electron chi connectivity index (χ0n) is 14.8. The number of rotatable bonds is 5. The lowest BCUT2D eigenvalue weighted by atomic mass is 10.1. The van der Waals surface area contributed by atoms with Gasteiger partial charge < -0.3 is 9.47 Å². The van der Waals surface area contributed by atoms with Gasteiger partial charge in [-0.05, 0) is 43.3 Å². The van der Waals surface area contributed by atoms with E-state index in [0.29, 0.717) is 32.8 Å². The predicted molar refractivity (Wildman–Crippen MR) is 111 cm³/mol. The van der Waals surface area contributed by atoms with Gasteiger partial charge in [0, 0.05) is 5.56 Å². The monoisotopic (exact) mass is 399 g/mol. The molecule has 1 aliphatic rings. The maximum absolute atomic E-state index is 12.9. The molecule has 1 amide bonds. The molecule has 0 radical (unpaired) electrons. The van der Waals surface area contributed by atoms with Crippen LogP contribution in [0.2, 0.25) is 0 Å². The molecule has 7 heteroatoms. The molecule has 0 N–H and O–H groups in total. The number of hydrogen-bond donors (Lipinski definition) is 0. The molecular weight excluding hydrogens is 382 g/mol. The molecule has 0 bridgehead atoms. The first-order valence-electron chi connectivity index (χ1n) is 8.23. The van der Waals surface area contributed by atoms with E-state index < -0.39 is 5.97 Å². The van der Waals surface area contributed by atoms with Crippen molar-refractivity contribution in [2.75, 3.05) is 18.6 Å². The summed E-state index contributed by atoms with van der Waals surface area (Å²) in [5, 5.41) is 0. The number of ether oxygens (including phenoxy) is 2. The van der Waals surface area contributed by atoms with E-state index in [2.05, 4.69) is 4.74 Å². The lowest BCUT2D eigenvalue weighted by Gasteiger charge is -2.14. The molecule has 0 unspecified atom stereocenters. The summed E-state index contributed by atoms with van der Waals surface area (Å²) in [7, 11) is 1.32. The van der Waals surface area contributed by atoms with Crippen LogP contribution in [0.5, 0.6) is 5.75 Å². The van der Waals surface area contributed by atoms with Crippen LogP contribution in [-0.2, 0) is 9.53 Å². The molecule has 2 aromatic rings. The lowest BCUT2D eigenvalue weighted by Crippen LogP contribution is -2.27. The van der Waals surface area contributed by atoms with Gasteiger partial charge in [-0.2, -0.15) is 0 Å². The standard InChI is InChI=1S/C20H17NO4S2/c1-3-25-16-7-5-4-6-14(16)12-17-18(22)21(20(26)27-17)15-10-8-13(9-11-15)19(23)24-2/h4-12H,3H2,1-2H3. The Bertz CT molecular complexity index is 922. The summed E-state index contributed by atoms with van der Waals surface area (Å²) in [6, 6.07) is 14.1. The van der Waals surface area contributed by atoms with E-state index >= 15 is 0 Å². The molecule has 1 heterocycles. The van der Waals surface area contributed by atoms with Crippen LogP contribution in [-0.4, -0.2) is 29.9 Å². The van der Waals surface area contributed by atoms with Crippen LogP contribution in [0.1, 0.15) is 22.8 Å². The average Bonchev–Trinajstić information content (AvgIpc) is 2.96. The minimum atomic E-state index is -0.431. The van der Waals surface area contributed by atoms with E-state index in [1.165, 1.54) is 23.8 Å². The number of esters is 1. The van der Waals surface area contributed by atoms with Gasteiger partial charge in [0.2, 0.25) is 0 Å². The van der Waals surface area contributed by atoms with Crippen LogP contribution < -0.4 is 9.64 Å². The number of hydrogen-bond acceptors (Lipinski definition) is 6. The highest BCUT2D eigenvalue weighted by molar-refractivity contribution is 8.27. The van der Waals surface area contributed by atoms with Gasteiger partial charge in [-0.25, -0.2) is 4.79 Å². The van der Waals surface area contributed by atoms with Crippen molar-refractivity contribution in [1.29, 1.82) is 0 Å². The number of thioether (sulfide) groups is 1. The fourth-order valence-corrected chi connectivity index (χ4v) is 3.87. The molecule has 3 rings (SSSR count). The highest BCUT2D eigenvalue weighted by Crippen LogP contribution is 2.37. The molecule has 2 aromatic carbocycles. The van der Waals surface area contributed by atoms with E-state index in [1.807, 2.05) is 31.2 Å². The molecule has 0 aliphatic carbocycles. The van der Waals surface area contributed by atoms with E-state index in [-0.39, 0.29) is 5.91 Å². The Kier molecular flexibility index (Phi) is 5.93. The molecule has 0 spiro atoms. The van der Waals surface area contributed by atoms with Gasteiger partial charge in [0.25, 0.3) is 5.91 Å². The number of carbonyl (C=O) groups is 2. The number of carbonyl (C=O) groups excluding carboxylic acids is 2. The predicted octanol–water partition coefficient (Wildman–Crippen LogP) is 4.28. The van der Waals surface area contributed by atoms with E-state index in [4.69, 9.17) is 17.0 Å². The molecule has 5 nitrogen and oxygen atoms in total. The molecule has 1 aliphatic heterocycles. The fraction of sp³-hybridized carbons (Fsp3) is 0.150. The second-order valence-electron chi connectivity index (χ2n) is 5.53. The third-order valence-corrected chi connectivity index (χ3v) is 5.15. The van der Waals surface area contributed by atoms with Crippen LogP contribution in [0, 0.1) is 0 Å². The maximum Gasteiger partial charge on any atom is 0.337 e. The minimum Gasteiger partial charge on any atom is -0.493 e. The summed E-state index contributed by atoms with van der Waals surface area (Å²) in [6.07, 6.45) is 1.78. The van der Waals surface area contributed by atoms with Gasteiger partial charge in [0.05, 0.1) is 29.9 Å². The molecular formula is C20H17NO4S2. The number of nitrogens with zero attached hydrogens (tertiary/aromatic N) is 1. The Balaban J connectivity index is 1.88. The first-order valence-corrected chi connectivity index (χ1v) is 9.45. The molecule has 138 valence electrons. The van der Waals surface area contributed by atoms with Gasteiger partial charge in [-0.15, -0.1) is 0 Å². The van der Waals surface area contributed by atoms with Crippen molar-refractivity contribution in [2.24, 2.45) is 0 Å². The van der Waals surface area contributed by atoms with Gasteiger partial charge in [-0.1, -0.05) is 42.2 Å². The van der Waals surface area contributed by atoms with Crippen LogP contribution in [0.15, 0.2) is 53.4 Å². The van der Waals surface area contributed by atoms with Crippen LogP contribution in [0.25, 0.3) is 6.08 Å².